The second-order valence-electron chi connectivity index (χ2n) is 2.03. The van der Waals surface area contributed by atoms with Crippen LogP contribution in [-0.2, 0) is 14.3 Å². The Hall–Kier alpha value is -0.410. The van der Waals surface area contributed by atoms with E-state index in [4.69, 9.17) is 9.47 Å². The monoisotopic (exact) mass is 130 g/mol. The zero-order valence-electron chi connectivity index (χ0n) is 5.42. The summed E-state index contributed by atoms with van der Waals surface area (Å²) in [5, 5.41) is 0. The largest absolute Gasteiger partial charge is 0.342 e. The van der Waals surface area contributed by atoms with Crippen molar-refractivity contribution < 1.29 is 14.3 Å². The van der Waals surface area contributed by atoms with Gasteiger partial charge in [-0.15, -0.1) is 0 Å². The zero-order chi connectivity index (χ0) is 6.74. The lowest BCUT2D eigenvalue weighted by Gasteiger charge is -2.05. The van der Waals surface area contributed by atoms with Crippen LogP contribution in [0.5, 0.6) is 0 Å². The molecule has 1 atom stereocenters. The highest BCUT2D eigenvalue weighted by Gasteiger charge is 2.44. The van der Waals surface area contributed by atoms with Crippen molar-refractivity contribution in [2.24, 2.45) is 0 Å². The van der Waals surface area contributed by atoms with E-state index in [1.165, 1.54) is 0 Å². The molecule has 1 heterocycles. The van der Waals surface area contributed by atoms with Gasteiger partial charge in [-0.05, 0) is 0 Å². The van der Waals surface area contributed by atoms with Crippen molar-refractivity contribution in [3.63, 3.8) is 0 Å². The van der Waals surface area contributed by atoms with E-state index in [9.17, 15) is 4.79 Å². The molecular weight excluding hydrogens is 120 g/mol. The molecule has 1 rings (SSSR count). The molecule has 9 heavy (non-hydrogen) atoms. The molecule has 0 aliphatic carbocycles. The van der Waals surface area contributed by atoms with Gasteiger partial charge in [0, 0.05) is 6.42 Å². The Kier molecular flexibility index (Phi) is 1.83. The molecule has 0 aromatic heterocycles. The number of carbonyl (C=O) groups is 1. The van der Waals surface area contributed by atoms with E-state index >= 15 is 0 Å². The SMILES string of the molecule is CCC1(OCC=O)CO1. The Morgan fingerprint density at radius 1 is 1.89 bits per heavy atom. The lowest BCUT2D eigenvalue weighted by Crippen LogP contribution is -2.15. The summed E-state index contributed by atoms with van der Waals surface area (Å²) in [5.41, 5.74) is 0. The maximum atomic E-state index is 9.81. The van der Waals surface area contributed by atoms with E-state index in [1.807, 2.05) is 6.92 Å². The number of rotatable bonds is 4. The number of hydrogen-bond acceptors (Lipinski definition) is 3. The minimum absolute atomic E-state index is 0.147. The summed E-state index contributed by atoms with van der Waals surface area (Å²) in [6.07, 6.45) is 1.56. The number of aldehydes is 1. The molecule has 0 N–H and O–H groups in total. The number of carbonyl (C=O) groups excluding carboxylic acids is 1. The van der Waals surface area contributed by atoms with Gasteiger partial charge in [0.1, 0.15) is 19.5 Å². The van der Waals surface area contributed by atoms with E-state index < -0.39 is 0 Å². The first kappa shape index (κ1) is 6.71. The van der Waals surface area contributed by atoms with E-state index in [-0.39, 0.29) is 12.4 Å². The summed E-state index contributed by atoms with van der Waals surface area (Å²) < 4.78 is 10.0. The Labute approximate surface area is 53.9 Å². The van der Waals surface area contributed by atoms with E-state index in [1.54, 1.807) is 0 Å². The number of epoxide rings is 1. The summed E-state index contributed by atoms with van der Waals surface area (Å²) >= 11 is 0. The average Bonchev–Trinajstić information content (AvgIpc) is 2.65. The minimum Gasteiger partial charge on any atom is -0.342 e. The highest BCUT2D eigenvalue weighted by atomic mass is 16.8. The van der Waals surface area contributed by atoms with Gasteiger partial charge in [0.2, 0.25) is 0 Å². The van der Waals surface area contributed by atoms with Crippen LogP contribution < -0.4 is 0 Å². The van der Waals surface area contributed by atoms with Crippen LogP contribution in [0.25, 0.3) is 0 Å². The quantitative estimate of drug-likeness (QED) is 0.407. The predicted molar refractivity (Wildman–Crippen MR) is 31.0 cm³/mol. The normalized spacial score (nSPS) is 32.1. The van der Waals surface area contributed by atoms with E-state index in [2.05, 4.69) is 0 Å². The second kappa shape index (κ2) is 2.45. The first-order chi connectivity index (χ1) is 4.33. The summed E-state index contributed by atoms with van der Waals surface area (Å²) in [4.78, 5) is 9.81. The maximum Gasteiger partial charge on any atom is 0.192 e. The van der Waals surface area contributed by atoms with Crippen molar-refractivity contribution >= 4 is 6.29 Å². The summed E-state index contributed by atoms with van der Waals surface area (Å²) in [5.74, 6) is -0.388. The average molecular weight is 130 g/mol. The van der Waals surface area contributed by atoms with E-state index in [0.29, 0.717) is 6.61 Å². The van der Waals surface area contributed by atoms with Crippen LogP contribution >= 0.6 is 0 Å². The third-order valence-electron chi connectivity index (χ3n) is 1.42. The van der Waals surface area contributed by atoms with Crippen molar-refractivity contribution in [1.82, 2.24) is 0 Å². The molecule has 52 valence electrons. The maximum absolute atomic E-state index is 9.81. The van der Waals surface area contributed by atoms with Crippen molar-refractivity contribution in [2.45, 2.75) is 19.1 Å². The highest BCUT2D eigenvalue weighted by Crippen LogP contribution is 2.31. The fourth-order valence-corrected chi connectivity index (χ4v) is 0.656. The van der Waals surface area contributed by atoms with Crippen LogP contribution in [0.4, 0.5) is 0 Å². The molecule has 0 aromatic rings. The third kappa shape index (κ3) is 1.50. The number of hydrogen-bond donors (Lipinski definition) is 0. The molecule has 1 aliphatic heterocycles. The lowest BCUT2D eigenvalue weighted by molar-refractivity contribution is -0.119. The van der Waals surface area contributed by atoms with Crippen molar-refractivity contribution in [1.29, 1.82) is 0 Å². The van der Waals surface area contributed by atoms with Gasteiger partial charge < -0.3 is 14.3 Å². The Bertz CT molecular complexity index is 107. The van der Waals surface area contributed by atoms with Gasteiger partial charge in [0.25, 0.3) is 0 Å². The van der Waals surface area contributed by atoms with Gasteiger partial charge in [-0.3, -0.25) is 0 Å². The molecule has 0 aromatic carbocycles. The summed E-state index contributed by atoms with van der Waals surface area (Å²) in [7, 11) is 0. The molecule has 0 bridgehead atoms. The van der Waals surface area contributed by atoms with Crippen molar-refractivity contribution in [3.8, 4) is 0 Å². The van der Waals surface area contributed by atoms with Crippen molar-refractivity contribution in [2.75, 3.05) is 13.2 Å². The molecule has 0 amide bonds. The van der Waals surface area contributed by atoms with Crippen LogP contribution in [0, 0.1) is 0 Å². The van der Waals surface area contributed by atoms with Gasteiger partial charge in [0.15, 0.2) is 5.79 Å². The van der Waals surface area contributed by atoms with Crippen LogP contribution in [0.2, 0.25) is 0 Å². The summed E-state index contributed by atoms with van der Waals surface area (Å²) in [6, 6.07) is 0. The van der Waals surface area contributed by atoms with Gasteiger partial charge in [-0.1, -0.05) is 6.92 Å². The molecule has 1 fully saturated rings. The van der Waals surface area contributed by atoms with Crippen LogP contribution in [0.15, 0.2) is 0 Å². The van der Waals surface area contributed by atoms with Crippen LogP contribution in [0.3, 0.4) is 0 Å². The smallest absolute Gasteiger partial charge is 0.192 e. The molecule has 1 saturated heterocycles. The van der Waals surface area contributed by atoms with Crippen LogP contribution in [-0.4, -0.2) is 25.3 Å². The first-order valence-corrected chi connectivity index (χ1v) is 3.04. The molecule has 1 unspecified atom stereocenters. The van der Waals surface area contributed by atoms with Gasteiger partial charge in [-0.2, -0.15) is 0 Å². The fraction of sp³-hybridized carbons (Fsp3) is 0.833. The van der Waals surface area contributed by atoms with Gasteiger partial charge >= 0.3 is 0 Å². The topological polar surface area (TPSA) is 38.8 Å². The molecule has 0 spiro atoms. The predicted octanol–water partition coefficient (Wildman–Crippen LogP) is 0.338. The van der Waals surface area contributed by atoms with Crippen molar-refractivity contribution in [3.05, 3.63) is 0 Å². The third-order valence-corrected chi connectivity index (χ3v) is 1.42. The molecular formula is C6H10O3. The Morgan fingerprint density at radius 3 is 2.89 bits per heavy atom. The Balaban J connectivity index is 2.17. The molecule has 0 saturated carbocycles. The van der Waals surface area contributed by atoms with Gasteiger partial charge in [0.05, 0.1) is 0 Å². The van der Waals surface area contributed by atoms with Crippen LogP contribution in [0.1, 0.15) is 13.3 Å². The Morgan fingerprint density at radius 2 is 2.56 bits per heavy atom. The minimum atomic E-state index is -0.388. The molecule has 1 aliphatic rings. The zero-order valence-corrected chi connectivity index (χ0v) is 5.42. The standard InChI is InChI=1S/C6H10O3/c1-2-6(5-9-6)8-4-3-7/h3H,2,4-5H2,1H3. The first-order valence-electron chi connectivity index (χ1n) is 3.04. The summed E-state index contributed by atoms with van der Waals surface area (Å²) in [6.45, 7) is 2.75. The lowest BCUT2D eigenvalue weighted by atomic mass is 10.3. The highest BCUT2D eigenvalue weighted by molar-refractivity contribution is 5.50. The number of ether oxygens (including phenoxy) is 2. The van der Waals surface area contributed by atoms with Gasteiger partial charge in [-0.25, -0.2) is 0 Å². The molecule has 3 heteroatoms. The second-order valence-corrected chi connectivity index (χ2v) is 2.03. The fourth-order valence-electron chi connectivity index (χ4n) is 0.656. The molecule has 3 nitrogen and oxygen atoms in total. The van der Waals surface area contributed by atoms with E-state index in [0.717, 1.165) is 12.7 Å². The molecule has 0 radical (unpaired) electrons.